The quantitative estimate of drug-likeness (QED) is 0.766. The molecule has 0 bridgehead atoms. The zero-order valence-corrected chi connectivity index (χ0v) is 16.3. The van der Waals surface area contributed by atoms with Gasteiger partial charge in [0.1, 0.15) is 12.4 Å². The molecule has 1 aromatic carbocycles. The normalized spacial score (nSPS) is 11.4. The molecule has 2 rings (SSSR count). The lowest BCUT2D eigenvalue weighted by Gasteiger charge is -2.20. The number of nitrogens with one attached hydrogen (secondary N) is 1. The summed E-state index contributed by atoms with van der Waals surface area (Å²) >= 11 is 1.39. The monoisotopic (exact) mass is 362 g/mol. The Morgan fingerprint density at radius 2 is 2.00 bits per heavy atom. The summed E-state index contributed by atoms with van der Waals surface area (Å²) in [6, 6.07) is 7.87. The predicted molar refractivity (Wildman–Crippen MR) is 99.8 cm³/mol. The summed E-state index contributed by atoms with van der Waals surface area (Å²) in [5.74, 6) is 1.89. The number of amides is 1. The Hall–Kier alpha value is -2.02. The summed E-state index contributed by atoms with van der Waals surface area (Å²) in [5, 5.41) is 12.1. The van der Waals surface area contributed by atoms with E-state index in [0.717, 1.165) is 28.8 Å². The number of benzene rings is 1. The summed E-state index contributed by atoms with van der Waals surface area (Å²) in [6.45, 7) is 11.0. The molecule has 0 unspecified atom stereocenters. The van der Waals surface area contributed by atoms with Crippen molar-refractivity contribution in [1.29, 1.82) is 0 Å². The highest BCUT2D eigenvalue weighted by Gasteiger charge is 2.17. The number of carbonyl (C=O) groups is 1. The molecule has 0 fully saturated rings. The summed E-state index contributed by atoms with van der Waals surface area (Å²) < 4.78 is 7.84. The number of para-hydroxylation sites is 1. The van der Waals surface area contributed by atoms with Crippen LogP contribution in [0.2, 0.25) is 0 Å². The number of aromatic nitrogens is 3. The Labute approximate surface area is 153 Å². The van der Waals surface area contributed by atoms with Crippen LogP contribution in [0.15, 0.2) is 29.4 Å². The van der Waals surface area contributed by atoms with E-state index in [1.165, 1.54) is 11.8 Å². The lowest BCUT2D eigenvalue weighted by molar-refractivity contribution is -0.119. The molecule has 0 saturated heterocycles. The Morgan fingerprint density at radius 1 is 1.28 bits per heavy atom. The molecule has 1 amide bonds. The number of nitrogens with zero attached hydrogens (tertiary/aromatic N) is 3. The van der Waals surface area contributed by atoms with E-state index in [-0.39, 0.29) is 11.4 Å². The maximum atomic E-state index is 12.0. The molecule has 1 heterocycles. The minimum absolute atomic E-state index is 0.0131. The van der Waals surface area contributed by atoms with Gasteiger partial charge >= 0.3 is 0 Å². The number of hydrogen-bond acceptors (Lipinski definition) is 5. The zero-order chi connectivity index (χ0) is 18.4. The van der Waals surface area contributed by atoms with Gasteiger partial charge in [0, 0.05) is 12.1 Å². The first-order chi connectivity index (χ1) is 11.8. The Bertz CT molecular complexity index is 722. The van der Waals surface area contributed by atoms with Crippen molar-refractivity contribution in [3.8, 4) is 5.75 Å². The number of carbonyl (C=O) groups excluding carboxylic acids is 1. The lowest BCUT2D eigenvalue weighted by atomic mass is 10.1. The van der Waals surface area contributed by atoms with Gasteiger partial charge in [-0.05, 0) is 46.2 Å². The van der Waals surface area contributed by atoms with Gasteiger partial charge < -0.3 is 14.6 Å². The number of thioether (sulfide) groups is 1. The van der Waals surface area contributed by atoms with Gasteiger partial charge in [-0.15, -0.1) is 10.2 Å². The molecular weight excluding hydrogens is 336 g/mol. The summed E-state index contributed by atoms with van der Waals surface area (Å²) in [4.78, 5) is 12.0. The molecule has 0 atom stereocenters. The summed E-state index contributed by atoms with van der Waals surface area (Å²) in [5.41, 5.74) is 0.848. The van der Waals surface area contributed by atoms with Crippen LogP contribution in [0.1, 0.15) is 39.1 Å². The van der Waals surface area contributed by atoms with E-state index in [0.29, 0.717) is 12.4 Å². The smallest absolute Gasteiger partial charge is 0.230 e. The molecule has 136 valence electrons. The minimum Gasteiger partial charge on any atom is -0.485 e. The van der Waals surface area contributed by atoms with Crippen molar-refractivity contribution in [1.82, 2.24) is 20.1 Å². The molecule has 1 N–H and O–H groups in total. The SMILES string of the molecule is CCn1c(COc2ccccc2C)nnc1SCC(=O)NC(C)(C)C. The minimum atomic E-state index is -0.234. The molecular formula is C18H26N4O2S. The van der Waals surface area contributed by atoms with Gasteiger partial charge in [0.15, 0.2) is 11.0 Å². The van der Waals surface area contributed by atoms with E-state index in [4.69, 9.17) is 4.74 Å². The van der Waals surface area contributed by atoms with Gasteiger partial charge in [-0.1, -0.05) is 30.0 Å². The summed E-state index contributed by atoms with van der Waals surface area (Å²) in [6.07, 6.45) is 0. The van der Waals surface area contributed by atoms with E-state index in [9.17, 15) is 4.79 Å². The van der Waals surface area contributed by atoms with Crippen LogP contribution >= 0.6 is 11.8 Å². The first kappa shape index (κ1) is 19.3. The van der Waals surface area contributed by atoms with E-state index >= 15 is 0 Å². The van der Waals surface area contributed by atoms with E-state index in [1.807, 2.05) is 63.5 Å². The molecule has 25 heavy (non-hydrogen) atoms. The van der Waals surface area contributed by atoms with Gasteiger partial charge in [0.2, 0.25) is 5.91 Å². The van der Waals surface area contributed by atoms with Gasteiger partial charge in [-0.25, -0.2) is 0 Å². The average Bonchev–Trinajstić information content (AvgIpc) is 2.92. The molecule has 0 saturated carbocycles. The highest BCUT2D eigenvalue weighted by molar-refractivity contribution is 7.99. The van der Waals surface area contributed by atoms with Crippen molar-refractivity contribution >= 4 is 17.7 Å². The van der Waals surface area contributed by atoms with Crippen LogP contribution in [0.5, 0.6) is 5.75 Å². The summed E-state index contributed by atoms with van der Waals surface area (Å²) in [7, 11) is 0. The molecule has 7 heteroatoms. The molecule has 0 aliphatic heterocycles. The fourth-order valence-corrected chi connectivity index (χ4v) is 3.12. The van der Waals surface area contributed by atoms with Crippen molar-refractivity contribution in [2.45, 2.75) is 58.5 Å². The van der Waals surface area contributed by atoms with Crippen LogP contribution in [-0.2, 0) is 17.9 Å². The highest BCUT2D eigenvalue weighted by atomic mass is 32.2. The average molecular weight is 362 g/mol. The standard InChI is InChI=1S/C18H26N4O2S/c1-6-22-15(11-24-14-10-8-7-9-13(14)2)20-21-17(22)25-12-16(23)19-18(3,4)5/h7-10H,6,11-12H2,1-5H3,(H,19,23). The number of ether oxygens (including phenoxy) is 1. The molecule has 0 radical (unpaired) electrons. The maximum Gasteiger partial charge on any atom is 0.230 e. The van der Waals surface area contributed by atoms with Gasteiger partial charge in [0.05, 0.1) is 5.75 Å². The van der Waals surface area contributed by atoms with E-state index < -0.39 is 0 Å². The van der Waals surface area contributed by atoms with Crippen molar-refractivity contribution in [2.75, 3.05) is 5.75 Å². The van der Waals surface area contributed by atoms with Crippen LogP contribution < -0.4 is 10.1 Å². The second-order valence-electron chi connectivity index (χ2n) is 6.78. The van der Waals surface area contributed by atoms with Crippen molar-refractivity contribution in [3.05, 3.63) is 35.7 Å². The first-order valence-corrected chi connectivity index (χ1v) is 9.33. The topological polar surface area (TPSA) is 69.0 Å². The van der Waals surface area contributed by atoms with Crippen molar-refractivity contribution < 1.29 is 9.53 Å². The molecule has 0 aliphatic carbocycles. The third-order valence-corrected chi connectivity index (χ3v) is 4.37. The number of rotatable bonds is 7. The first-order valence-electron chi connectivity index (χ1n) is 8.34. The maximum absolute atomic E-state index is 12.0. The van der Waals surface area contributed by atoms with Crippen LogP contribution in [-0.4, -0.2) is 32.0 Å². The van der Waals surface area contributed by atoms with Crippen LogP contribution in [0.3, 0.4) is 0 Å². The Morgan fingerprint density at radius 3 is 2.64 bits per heavy atom. The molecule has 2 aromatic rings. The molecule has 0 spiro atoms. The molecule has 0 aliphatic rings. The largest absolute Gasteiger partial charge is 0.485 e. The fraction of sp³-hybridized carbons (Fsp3) is 0.500. The van der Waals surface area contributed by atoms with Gasteiger partial charge in [0.25, 0.3) is 0 Å². The lowest BCUT2D eigenvalue weighted by Crippen LogP contribution is -2.41. The fourth-order valence-electron chi connectivity index (χ4n) is 2.30. The second kappa shape index (κ2) is 8.38. The van der Waals surface area contributed by atoms with Crippen molar-refractivity contribution in [2.24, 2.45) is 0 Å². The predicted octanol–water partition coefficient (Wildman–Crippen LogP) is 3.19. The Balaban J connectivity index is 1.98. The van der Waals surface area contributed by atoms with E-state index in [2.05, 4.69) is 15.5 Å². The van der Waals surface area contributed by atoms with Crippen molar-refractivity contribution in [3.63, 3.8) is 0 Å². The third kappa shape index (κ3) is 5.77. The molecule has 1 aromatic heterocycles. The van der Waals surface area contributed by atoms with Crippen LogP contribution in [0.4, 0.5) is 0 Å². The Kier molecular flexibility index (Phi) is 6.47. The third-order valence-electron chi connectivity index (χ3n) is 3.41. The number of aryl methyl sites for hydroxylation is 1. The van der Waals surface area contributed by atoms with Gasteiger partial charge in [-0.3, -0.25) is 4.79 Å². The van der Waals surface area contributed by atoms with Crippen LogP contribution in [0, 0.1) is 6.92 Å². The van der Waals surface area contributed by atoms with Gasteiger partial charge in [-0.2, -0.15) is 0 Å². The van der Waals surface area contributed by atoms with E-state index in [1.54, 1.807) is 0 Å². The number of hydrogen-bond donors (Lipinski definition) is 1. The molecule has 6 nitrogen and oxygen atoms in total. The second-order valence-corrected chi connectivity index (χ2v) is 7.73. The zero-order valence-electron chi connectivity index (χ0n) is 15.5. The van der Waals surface area contributed by atoms with Crippen LogP contribution in [0.25, 0.3) is 0 Å². The highest BCUT2D eigenvalue weighted by Crippen LogP contribution is 2.20.